The number of amides is 1. The van der Waals surface area contributed by atoms with E-state index in [-0.39, 0.29) is 11.8 Å². The number of hydrogen-bond donors (Lipinski definition) is 1. The third-order valence-corrected chi connectivity index (χ3v) is 2.78. The highest BCUT2D eigenvalue weighted by atomic mass is 16.5. The van der Waals surface area contributed by atoms with Crippen molar-refractivity contribution in [2.45, 2.75) is 20.3 Å². The van der Waals surface area contributed by atoms with Gasteiger partial charge >= 0.3 is 0 Å². The smallest absolute Gasteiger partial charge is 0.226 e. The molecule has 0 rings (SSSR count). The van der Waals surface area contributed by atoms with E-state index in [9.17, 15) is 4.79 Å². The fourth-order valence-corrected chi connectivity index (χ4v) is 1.69. The van der Waals surface area contributed by atoms with Gasteiger partial charge in [0, 0.05) is 46.4 Å². The zero-order chi connectivity index (χ0) is 13.8. The Morgan fingerprint density at radius 1 is 1.22 bits per heavy atom. The van der Waals surface area contributed by atoms with Gasteiger partial charge < -0.3 is 19.7 Å². The summed E-state index contributed by atoms with van der Waals surface area (Å²) in [6.45, 7) is 8.25. The van der Waals surface area contributed by atoms with Gasteiger partial charge in [-0.15, -0.1) is 0 Å². The Balaban J connectivity index is 4.19. The predicted molar refractivity (Wildman–Crippen MR) is 72.7 cm³/mol. The molecule has 1 amide bonds. The summed E-state index contributed by atoms with van der Waals surface area (Å²) in [5, 5.41) is 3.20. The second-order valence-electron chi connectivity index (χ2n) is 4.37. The first-order valence-electron chi connectivity index (χ1n) is 6.64. The molecule has 5 nitrogen and oxygen atoms in total. The quantitative estimate of drug-likeness (QED) is 0.557. The minimum atomic E-state index is 0.00403. The molecule has 0 aromatic rings. The standard InChI is InChI=1S/C13H28N2O3/c1-5-14-11-12(2)13(16)15(8-10-18-4)7-6-9-17-3/h12,14H,5-11H2,1-4H3. The van der Waals surface area contributed by atoms with E-state index in [0.29, 0.717) is 19.8 Å². The summed E-state index contributed by atoms with van der Waals surface area (Å²) in [7, 11) is 3.33. The molecular weight excluding hydrogens is 232 g/mol. The Kier molecular flexibility index (Phi) is 11.0. The van der Waals surface area contributed by atoms with E-state index in [1.165, 1.54) is 0 Å². The first kappa shape index (κ1) is 17.4. The molecule has 18 heavy (non-hydrogen) atoms. The van der Waals surface area contributed by atoms with E-state index in [1.54, 1.807) is 14.2 Å². The zero-order valence-corrected chi connectivity index (χ0v) is 12.2. The van der Waals surface area contributed by atoms with Crippen LogP contribution in [0.2, 0.25) is 0 Å². The topological polar surface area (TPSA) is 50.8 Å². The predicted octanol–water partition coefficient (Wildman–Crippen LogP) is 0.744. The molecule has 1 N–H and O–H groups in total. The van der Waals surface area contributed by atoms with Gasteiger partial charge in [-0.05, 0) is 13.0 Å². The summed E-state index contributed by atoms with van der Waals surface area (Å²) >= 11 is 0. The van der Waals surface area contributed by atoms with Crippen molar-refractivity contribution >= 4 is 5.91 Å². The SMILES string of the molecule is CCNCC(C)C(=O)N(CCCOC)CCOC. The van der Waals surface area contributed by atoms with Crippen molar-refractivity contribution in [3.8, 4) is 0 Å². The van der Waals surface area contributed by atoms with Crippen LogP contribution in [-0.4, -0.2) is 64.4 Å². The van der Waals surface area contributed by atoms with Crippen LogP contribution in [0.5, 0.6) is 0 Å². The molecule has 0 aliphatic carbocycles. The van der Waals surface area contributed by atoms with E-state index in [1.807, 2.05) is 18.7 Å². The van der Waals surface area contributed by atoms with Gasteiger partial charge in [0.2, 0.25) is 5.91 Å². The maximum atomic E-state index is 12.2. The average Bonchev–Trinajstić information content (AvgIpc) is 2.39. The molecule has 0 bridgehead atoms. The number of ether oxygens (including phenoxy) is 2. The maximum absolute atomic E-state index is 12.2. The highest BCUT2D eigenvalue weighted by Gasteiger charge is 2.19. The minimum Gasteiger partial charge on any atom is -0.385 e. The van der Waals surface area contributed by atoms with Crippen molar-refractivity contribution in [2.75, 3.05) is 53.6 Å². The molecule has 1 atom stereocenters. The van der Waals surface area contributed by atoms with Crippen LogP contribution >= 0.6 is 0 Å². The number of methoxy groups -OCH3 is 2. The Morgan fingerprint density at radius 3 is 2.44 bits per heavy atom. The molecule has 0 aliphatic rings. The number of hydrogen-bond acceptors (Lipinski definition) is 4. The van der Waals surface area contributed by atoms with E-state index in [4.69, 9.17) is 9.47 Å². The van der Waals surface area contributed by atoms with E-state index in [0.717, 1.165) is 26.1 Å². The summed E-state index contributed by atoms with van der Waals surface area (Å²) in [5.74, 6) is 0.188. The number of nitrogens with zero attached hydrogens (tertiary/aromatic N) is 1. The lowest BCUT2D eigenvalue weighted by molar-refractivity contribution is -0.135. The number of nitrogens with one attached hydrogen (secondary N) is 1. The summed E-state index contributed by atoms with van der Waals surface area (Å²) < 4.78 is 10.1. The summed E-state index contributed by atoms with van der Waals surface area (Å²) in [4.78, 5) is 14.1. The minimum absolute atomic E-state index is 0.00403. The van der Waals surface area contributed by atoms with Gasteiger partial charge in [-0.25, -0.2) is 0 Å². The molecule has 0 aromatic heterocycles. The summed E-state index contributed by atoms with van der Waals surface area (Å²) in [6.07, 6.45) is 0.861. The molecule has 0 aliphatic heterocycles. The van der Waals surface area contributed by atoms with Gasteiger partial charge in [-0.1, -0.05) is 13.8 Å². The maximum Gasteiger partial charge on any atom is 0.226 e. The highest BCUT2D eigenvalue weighted by molar-refractivity contribution is 5.78. The van der Waals surface area contributed by atoms with Gasteiger partial charge in [-0.2, -0.15) is 0 Å². The van der Waals surface area contributed by atoms with Crippen LogP contribution in [0.15, 0.2) is 0 Å². The van der Waals surface area contributed by atoms with E-state index >= 15 is 0 Å². The van der Waals surface area contributed by atoms with Gasteiger partial charge in [0.25, 0.3) is 0 Å². The Hall–Kier alpha value is -0.650. The molecule has 0 saturated carbocycles. The number of carbonyl (C=O) groups excluding carboxylic acids is 1. The van der Waals surface area contributed by atoms with Crippen LogP contribution < -0.4 is 5.32 Å². The third-order valence-electron chi connectivity index (χ3n) is 2.78. The van der Waals surface area contributed by atoms with Gasteiger partial charge in [0.1, 0.15) is 0 Å². The third kappa shape index (κ3) is 7.63. The van der Waals surface area contributed by atoms with Gasteiger partial charge in [0.15, 0.2) is 0 Å². The van der Waals surface area contributed by atoms with E-state index < -0.39 is 0 Å². The molecule has 0 fully saturated rings. The molecule has 0 radical (unpaired) electrons. The number of carbonyl (C=O) groups is 1. The number of rotatable bonds is 11. The van der Waals surface area contributed by atoms with Crippen molar-refractivity contribution < 1.29 is 14.3 Å². The van der Waals surface area contributed by atoms with Crippen molar-refractivity contribution in [1.29, 1.82) is 0 Å². The second-order valence-corrected chi connectivity index (χ2v) is 4.37. The van der Waals surface area contributed by atoms with Crippen molar-refractivity contribution in [2.24, 2.45) is 5.92 Å². The lowest BCUT2D eigenvalue weighted by Crippen LogP contribution is -2.41. The van der Waals surface area contributed by atoms with Crippen LogP contribution in [0.3, 0.4) is 0 Å². The Labute approximate surface area is 111 Å². The molecule has 0 heterocycles. The molecule has 0 aromatic carbocycles. The lowest BCUT2D eigenvalue weighted by atomic mass is 10.1. The zero-order valence-electron chi connectivity index (χ0n) is 12.2. The average molecular weight is 260 g/mol. The molecular formula is C13H28N2O3. The van der Waals surface area contributed by atoms with Crippen molar-refractivity contribution in [3.63, 3.8) is 0 Å². The Morgan fingerprint density at radius 2 is 1.89 bits per heavy atom. The Bertz CT molecular complexity index is 212. The molecule has 1 unspecified atom stereocenters. The summed E-state index contributed by atoms with van der Waals surface area (Å²) in [6, 6.07) is 0. The first-order valence-corrected chi connectivity index (χ1v) is 6.64. The van der Waals surface area contributed by atoms with Crippen LogP contribution in [-0.2, 0) is 14.3 Å². The second kappa shape index (κ2) is 11.4. The van der Waals surface area contributed by atoms with Crippen molar-refractivity contribution in [3.05, 3.63) is 0 Å². The van der Waals surface area contributed by atoms with Gasteiger partial charge in [0.05, 0.1) is 6.61 Å². The molecule has 108 valence electrons. The van der Waals surface area contributed by atoms with E-state index in [2.05, 4.69) is 5.32 Å². The van der Waals surface area contributed by atoms with Crippen molar-refractivity contribution in [1.82, 2.24) is 10.2 Å². The molecule has 0 saturated heterocycles. The van der Waals surface area contributed by atoms with Crippen LogP contribution in [0.1, 0.15) is 20.3 Å². The van der Waals surface area contributed by atoms with Crippen LogP contribution in [0.4, 0.5) is 0 Å². The molecule has 0 spiro atoms. The highest BCUT2D eigenvalue weighted by Crippen LogP contribution is 2.03. The first-order chi connectivity index (χ1) is 8.67. The summed E-state index contributed by atoms with van der Waals surface area (Å²) in [5.41, 5.74) is 0. The fourth-order valence-electron chi connectivity index (χ4n) is 1.69. The monoisotopic (exact) mass is 260 g/mol. The largest absolute Gasteiger partial charge is 0.385 e. The molecule has 5 heteroatoms. The normalized spacial score (nSPS) is 12.4. The lowest BCUT2D eigenvalue weighted by Gasteiger charge is -2.25. The fraction of sp³-hybridized carbons (Fsp3) is 0.923. The van der Waals surface area contributed by atoms with Gasteiger partial charge in [-0.3, -0.25) is 4.79 Å². The van der Waals surface area contributed by atoms with Crippen LogP contribution in [0, 0.1) is 5.92 Å². The van der Waals surface area contributed by atoms with Crippen LogP contribution in [0.25, 0.3) is 0 Å².